The molecule has 0 unspecified atom stereocenters. The van der Waals surface area contributed by atoms with Crippen molar-refractivity contribution in [2.45, 2.75) is 35.7 Å². The highest BCUT2D eigenvalue weighted by Crippen LogP contribution is 2.32. The molecule has 1 N–H and O–H groups in total. The number of Topliss-reactive ketones (excluding diaryl/α,β-unsaturated/α-hetero) is 1. The molecular formula is C25H21N5OS. The maximum Gasteiger partial charge on any atom is 0.215 e. The van der Waals surface area contributed by atoms with Crippen LogP contribution < -0.4 is 5.32 Å². The summed E-state index contributed by atoms with van der Waals surface area (Å²) >= 11 is 1.59. The number of benzene rings is 2. The molecule has 0 atom stereocenters. The molecule has 1 fully saturated rings. The first-order valence-corrected chi connectivity index (χ1v) is 11.6. The lowest BCUT2D eigenvalue weighted by molar-refractivity contribution is -0.119. The Morgan fingerprint density at radius 1 is 1.12 bits per heavy atom. The van der Waals surface area contributed by atoms with Crippen LogP contribution in [-0.4, -0.2) is 26.0 Å². The van der Waals surface area contributed by atoms with Gasteiger partial charge in [0.1, 0.15) is 23.0 Å². The third-order valence-corrected chi connectivity index (χ3v) is 6.78. The van der Waals surface area contributed by atoms with E-state index in [0.717, 1.165) is 45.2 Å². The van der Waals surface area contributed by atoms with Crippen LogP contribution in [0, 0.1) is 5.92 Å². The summed E-state index contributed by atoms with van der Waals surface area (Å²) in [6.45, 7) is 0.676. The number of nitrogens with one attached hydrogen (secondary N) is 1. The molecule has 0 bridgehead atoms. The van der Waals surface area contributed by atoms with Crippen LogP contribution in [0.4, 0.5) is 5.95 Å². The summed E-state index contributed by atoms with van der Waals surface area (Å²) in [7, 11) is 0. The Kier molecular flexibility index (Phi) is 4.76. The first-order chi connectivity index (χ1) is 15.7. The number of nitrogens with zero attached hydrogens (tertiary/aromatic N) is 4. The quantitative estimate of drug-likeness (QED) is 0.438. The maximum absolute atomic E-state index is 12.1. The van der Waals surface area contributed by atoms with Gasteiger partial charge in [-0.1, -0.05) is 48.2 Å². The van der Waals surface area contributed by atoms with Crippen molar-refractivity contribution in [2.24, 2.45) is 10.9 Å². The molecule has 0 radical (unpaired) electrons. The molecule has 4 aromatic rings. The Morgan fingerprint density at radius 3 is 2.81 bits per heavy atom. The minimum Gasteiger partial charge on any atom is -0.310 e. The summed E-state index contributed by atoms with van der Waals surface area (Å²) < 4.78 is 1.93. The molecule has 32 heavy (non-hydrogen) atoms. The number of fused-ring (bicyclic) bond motifs is 2. The molecule has 0 saturated heterocycles. The smallest absolute Gasteiger partial charge is 0.215 e. The van der Waals surface area contributed by atoms with Gasteiger partial charge in [-0.15, -0.1) is 0 Å². The van der Waals surface area contributed by atoms with Gasteiger partial charge in [0.15, 0.2) is 0 Å². The Balaban J connectivity index is 1.24. The van der Waals surface area contributed by atoms with E-state index in [0.29, 0.717) is 30.6 Å². The van der Waals surface area contributed by atoms with Crippen LogP contribution in [0.5, 0.6) is 0 Å². The number of hydrogen-bond donors (Lipinski definition) is 1. The van der Waals surface area contributed by atoms with Gasteiger partial charge in [0.2, 0.25) is 5.95 Å². The predicted molar refractivity (Wildman–Crippen MR) is 125 cm³/mol. The van der Waals surface area contributed by atoms with Gasteiger partial charge < -0.3 is 5.32 Å². The summed E-state index contributed by atoms with van der Waals surface area (Å²) in [6.07, 6.45) is 6.24. The molecular weight excluding hydrogens is 418 g/mol. The van der Waals surface area contributed by atoms with Gasteiger partial charge in [-0.3, -0.25) is 14.2 Å². The second-order valence-electron chi connectivity index (χ2n) is 8.22. The van der Waals surface area contributed by atoms with Crippen molar-refractivity contribution >= 4 is 34.8 Å². The lowest BCUT2D eigenvalue weighted by Gasteiger charge is -2.11. The van der Waals surface area contributed by atoms with Crippen molar-refractivity contribution in [1.82, 2.24) is 14.4 Å². The largest absolute Gasteiger partial charge is 0.310 e. The van der Waals surface area contributed by atoms with Crippen LogP contribution in [0.1, 0.15) is 29.5 Å². The third kappa shape index (κ3) is 3.80. The summed E-state index contributed by atoms with van der Waals surface area (Å²) in [5.41, 5.74) is 4.36. The van der Waals surface area contributed by atoms with Crippen molar-refractivity contribution in [2.75, 3.05) is 5.32 Å². The standard InChI is InChI=1S/C25H21N5OS/c31-22(17-7-8-17)11-16-5-9-20(10-6-16)32-23-12-19-14-26-15-30(19)25(28-23)29-24-21-4-2-1-3-18(21)13-27-24/h1-6,9-10,12,14-15,17H,7-8,11,13H2,(H,27,28,29). The lowest BCUT2D eigenvalue weighted by atomic mass is 10.1. The fourth-order valence-electron chi connectivity index (χ4n) is 3.94. The summed E-state index contributed by atoms with van der Waals surface area (Å²) in [5.74, 6) is 2.18. The predicted octanol–water partition coefficient (Wildman–Crippen LogP) is 4.77. The van der Waals surface area contributed by atoms with Crippen LogP contribution in [0.25, 0.3) is 5.52 Å². The lowest BCUT2D eigenvalue weighted by Crippen LogP contribution is -2.15. The number of aromatic nitrogens is 3. The highest BCUT2D eigenvalue weighted by molar-refractivity contribution is 7.99. The number of carbonyl (C=O) groups excluding carboxylic acids is 1. The Labute approximate surface area is 189 Å². The molecule has 1 aliphatic carbocycles. The molecule has 158 valence electrons. The van der Waals surface area contributed by atoms with Gasteiger partial charge in [-0.2, -0.15) is 0 Å². The molecule has 2 aromatic carbocycles. The van der Waals surface area contributed by atoms with E-state index in [1.54, 1.807) is 18.1 Å². The fraction of sp³-hybridized carbons (Fsp3) is 0.200. The van der Waals surface area contributed by atoms with Crippen LogP contribution >= 0.6 is 11.8 Å². The molecule has 7 heteroatoms. The zero-order valence-corrected chi connectivity index (χ0v) is 18.2. The minimum atomic E-state index is 0.304. The second kappa shape index (κ2) is 7.91. The van der Waals surface area contributed by atoms with E-state index < -0.39 is 0 Å². The van der Waals surface area contributed by atoms with Crippen LogP contribution in [-0.2, 0) is 17.8 Å². The number of rotatable bonds is 6. The van der Waals surface area contributed by atoms with E-state index in [1.165, 1.54) is 5.56 Å². The second-order valence-corrected chi connectivity index (χ2v) is 9.31. The average Bonchev–Trinajstić information content (AvgIpc) is 3.43. The van der Waals surface area contributed by atoms with E-state index in [1.807, 2.05) is 40.9 Å². The zero-order valence-electron chi connectivity index (χ0n) is 17.4. The van der Waals surface area contributed by atoms with E-state index in [-0.39, 0.29) is 0 Å². The normalized spacial score (nSPS) is 14.9. The van der Waals surface area contributed by atoms with Gasteiger partial charge in [-0.05, 0) is 42.2 Å². The van der Waals surface area contributed by atoms with Crippen LogP contribution in [0.3, 0.4) is 0 Å². The SMILES string of the molecule is O=C(Cc1ccc(Sc2cc3cncn3c(NC3=NCc4ccccc43)n2)cc1)C1CC1. The highest BCUT2D eigenvalue weighted by atomic mass is 32.2. The van der Waals surface area contributed by atoms with Gasteiger partial charge in [-0.25, -0.2) is 9.97 Å². The first kappa shape index (κ1) is 19.3. The number of anilines is 1. The molecule has 1 saturated carbocycles. The van der Waals surface area contributed by atoms with E-state index in [4.69, 9.17) is 4.98 Å². The van der Waals surface area contributed by atoms with E-state index in [2.05, 4.69) is 39.6 Å². The molecule has 6 nitrogen and oxygen atoms in total. The Bertz CT molecular complexity index is 1350. The summed E-state index contributed by atoms with van der Waals surface area (Å²) in [6, 6.07) is 18.5. The number of carbonyl (C=O) groups is 1. The number of ketones is 1. The van der Waals surface area contributed by atoms with Gasteiger partial charge in [0.05, 0.1) is 18.3 Å². The maximum atomic E-state index is 12.1. The van der Waals surface area contributed by atoms with Crippen LogP contribution in [0.15, 0.2) is 82.0 Å². The molecule has 0 spiro atoms. The fourth-order valence-corrected chi connectivity index (χ4v) is 4.77. The van der Waals surface area contributed by atoms with Crippen molar-refractivity contribution in [1.29, 1.82) is 0 Å². The highest BCUT2D eigenvalue weighted by Gasteiger charge is 2.29. The van der Waals surface area contributed by atoms with Crippen molar-refractivity contribution in [3.8, 4) is 0 Å². The van der Waals surface area contributed by atoms with E-state index >= 15 is 0 Å². The van der Waals surface area contributed by atoms with Crippen molar-refractivity contribution in [3.63, 3.8) is 0 Å². The average molecular weight is 440 g/mol. The Hall–Kier alpha value is -3.45. The molecule has 0 amide bonds. The zero-order chi connectivity index (χ0) is 21.5. The molecule has 1 aliphatic heterocycles. The van der Waals surface area contributed by atoms with Gasteiger partial charge >= 0.3 is 0 Å². The van der Waals surface area contributed by atoms with E-state index in [9.17, 15) is 4.79 Å². The van der Waals surface area contributed by atoms with Crippen LogP contribution in [0.2, 0.25) is 0 Å². The van der Waals surface area contributed by atoms with Crippen molar-refractivity contribution < 1.29 is 4.79 Å². The number of hydrogen-bond acceptors (Lipinski definition) is 6. The van der Waals surface area contributed by atoms with Gasteiger partial charge in [0, 0.05) is 22.8 Å². The van der Waals surface area contributed by atoms with Gasteiger partial charge in [0.25, 0.3) is 0 Å². The first-order valence-electron chi connectivity index (χ1n) is 10.8. The number of aliphatic imine (C=N–C) groups is 1. The summed E-state index contributed by atoms with van der Waals surface area (Å²) in [4.78, 5) is 26.9. The summed E-state index contributed by atoms with van der Waals surface area (Å²) in [5, 5.41) is 4.28. The molecule has 2 aromatic heterocycles. The third-order valence-electron chi connectivity index (χ3n) is 5.85. The van der Waals surface area contributed by atoms with Crippen molar-refractivity contribution in [3.05, 3.63) is 83.8 Å². The monoisotopic (exact) mass is 439 g/mol. The number of amidine groups is 1. The molecule has 2 aliphatic rings. The molecule has 3 heterocycles. The topological polar surface area (TPSA) is 71.7 Å². The Morgan fingerprint density at radius 2 is 1.97 bits per heavy atom. The molecule has 6 rings (SSSR count). The minimum absolute atomic E-state index is 0.304. The number of imidazole rings is 1.